The molecule has 1 heterocycles. The Labute approximate surface area is 219 Å². The first-order chi connectivity index (χ1) is 17.1. The maximum Gasteiger partial charge on any atom is 0.264 e. The van der Waals surface area contributed by atoms with Crippen molar-refractivity contribution in [2.75, 3.05) is 30.3 Å². The van der Waals surface area contributed by atoms with Gasteiger partial charge < -0.3 is 14.8 Å². The van der Waals surface area contributed by atoms with E-state index in [0.29, 0.717) is 29.0 Å². The van der Waals surface area contributed by atoms with E-state index in [0.717, 1.165) is 11.3 Å². The number of anilines is 1. The molecule has 196 valence electrons. The van der Waals surface area contributed by atoms with E-state index in [4.69, 9.17) is 9.47 Å². The highest BCUT2D eigenvalue weighted by Crippen LogP contribution is 2.40. The largest absolute Gasteiger partial charge is 0.497 e. The van der Waals surface area contributed by atoms with Crippen LogP contribution in [0.3, 0.4) is 0 Å². The number of carbonyl (C=O) groups is 1. The van der Waals surface area contributed by atoms with Crippen LogP contribution in [0.15, 0.2) is 47.4 Å². The zero-order valence-electron chi connectivity index (χ0n) is 21.5. The molecule has 2 aromatic carbocycles. The second-order valence-corrected chi connectivity index (χ2v) is 13.6. The Morgan fingerprint density at radius 2 is 1.83 bits per heavy atom. The summed E-state index contributed by atoms with van der Waals surface area (Å²) in [6.45, 7) is 6.64. The molecule has 1 atom stereocenters. The topological polar surface area (TPSA) is 84.9 Å². The molecule has 2 aromatic rings. The Bertz CT molecular complexity index is 1170. The maximum atomic E-state index is 13.8. The molecular weight excluding hydrogens is 496 g/mol. The number of hydrogen-bond acceptors (Lipinski definition) is 6. The van der Waals surface area contributed by atoms with Crippen molar-refractivity contribution in [3.63, 3.8) is 0 Å². The summed E-state index contributed by atoms with van der Waals surface area (Å²) < 4.78 is 40.1. The quantitative estimate of drug-likeness (QED) is 0.495. The van der Waals surface area contributed by atoms with Crippen LogP contribution in [0.2, 0.25) is 0 Å². The van der Waals surface area contributed by atoms with Crippen molar-refractivity contribution in [2.24, 2.45) is 0 Å². The van der Waals surface area contributed by atoms with Gasteiger partial charge in [-0.1, -0.05) is 39.7 Å². The fourth-order valence-electron chi connectivity index (χ4n) is 4.53. The highest BCUT2D eigenvalue weighted by Gasteiger charge is 2.38. The third kappa shape index (κ3) is 5.94. The summed E-state index contributed by atoms with van der Waals surface area (Å²) >= 11 is 1.90. The molecule has 0 unspecified atom stereocenters. The lowest BCUT2D eigenvalue weighted by Crippen LogP contribution is -2.51. The van der Waals surface area contributed by atoms with Crippen LogP contribution in [0.4, 0.5) is 5.69 Å². The summed E-state index contributed by atoms with van der Waals surface area (Å²) in [5.41, 5.74) is 1.24. The lowest BCUT2D eigenvalue weighted by atomic mass is 9.86. The molecule has 1 saturated carbocycles. The molecular formula is C27H36N2O5S2. The van der Waals surface area contributed by atoms with Gasteiger partial charge in [-0.15, -0.1) is 0 Å². The van der Waals surface area contributed by atoms with E-state index in [1.54, 1.807) is 18.2 Å². The number of amides is 1. The van der Waals surface area contributed by atoms with Crippen LogP contribution in [-0.4, -0.2) is 51.6 Å². The number of carbonyl (C=O) groups excluding carboxylic acids is 1. The van der Waals surface area contributed by atoms with Crippen molar-refractivity contribution >= 4 is 33.4 Å². The summed E-state index contributed by atoms with van der Waals surface area (Å²) in [6.07, 6.45) is 4.12. The van der Waals surface area contributed by atoms with Crippen LogP contribution in [0.25, 0.3) is 0 Å². The normalized spacial score (nSPS) is 18.4. The number of rotatable bonds is 8. The maximum absolute atomic E-state index is 13.8. The van der Waals surface area contributed by atoms with Crippen molar-refractivity contribution in [3.8, 4) is 11.5 Å². The number of methoxy groups -OCH3 is 1. The number of benzene rings is 2. The molecule has 2 aliphatic rings. The number of ether oxygens (including phenoxy) is 2. The van der Waals surface area contributed by atoms with E-state index in [-0.39, 0.29) is 22.8 Å². The Morgan fingerprint density at radius 3 is 2.47 bits per heavy atom. The van der Waals surface area contributed by atoms with Crippen LogP contribution < -0.4 is 19.1 Å². The van der Waals surface area contributed by atoms with Crippen molar-refractivity contribution in [1.82, 2.24) is 5.32 Å². The molecule has 9 heteroatoms. The highest BCUT2D eigenvalue weighted by atomic mass is 32.2. The van der Waals surface area contributed by atoms with Gasteiger partial charge in [0.2, 0.25) is 0 Å². The summed E-state index contributed by atoms with van der Waals surface area (Å²) in [5, 5.41) is 3.63. The molecule has 1 N–H and O–H groups in total. The predicted octanol–water partition coefficient (Wildman–Crippen LogP) is 4.74. The zero-order chi connectivity index (χ0) is 25.9. The van der Waals surface area contributed by atoms with Crippen LogP contribution in [-0.2, 0) is 20.2 Å². The van der Waals surface area contributed by atoms with Crippen LogP contribution in [0, 0.1) is 0 Å². The van der Waals surface area contributed by atoms with Crippen LogP contribution in [0.1, 0.15) is 52.0 Å². The Balaban J connectivity index is 1.57. The minimum Gasteiger partial charge on any atom is -0.497 e. The molecule has 0 bridgehead atoms. The number of sulfonamides is 1. The van der Waals surface area contributed by atoms with E-state index in [2.05, 4.69) is 26.1 Å². The van der Waals surface area contributed by atoms with Gasteiger partial charge in [0.1, 0.15) is 11.5 Å². The number of nitrogens with zero attached hydrogens (tertiary/aromatic N) is 1. The summed E-state index contributed by atoms with van der Waals surface area (Å²) in [6, 6.07) is 11.8. The minimum absolute atomic E-state index is 0.101. The summed E-state index contributed by atoms with van der Waals surface area (Å²) in [5.74, 6) is 1.48. The first-order valence-corrected chi connectivity index (χ1v) is 15.0. The molecule has 7 nitrogen and oxygen atoms in total. The van der Waals surface area contributed by atoms with Gasteiger partial charge >= 0.3 is 0 Å². The van der Waals surface area contributed by atoms with E-state index in [1.807, 2.05) is 23.9 Å². The van der Waals surface area contributed by atoms with Crippen LogP contribution in [0.5, 0.6) is 11.5 Å². The molecule has 1 aliphatic carbocycles. The standard InChI is InChI=1S/C27H36N2O5S2/c1-27(2,3)19-9-14-24-23(17-19)29(36(31,32)22-12-10-20(33-4)11-13-22)18-25(34-24)26(30)28-15-16-35-21-7-5-6-8-21/h9-14,17,21,25H,5-8,15-16,18H2,1-4H3,(H,28,30)/t25-/m1/s1. The van der Waals surface area contributed by atoms with Crippen molar-refractivity contribution in [1.29, 1.82) is 0 Å². The average Bonchev–Trinajstić information content (AvgIpc) is 3.38. The molecule has 0 spiro atoms. The number of nitrogens with one attached hydrogen (secondary N) is 1. The van der Waals surface area contributed by atoms with Gasteiger partial charge in [0, 0.05) is 17.5 Å². The molecule has 0 saturated heterocycles. The third-order valence-electron chi connectivity index (χ3n) is 6.69. The van der Waals surface area contributed by atoms with Crippen molar-refractivity contribution in [3.05, 3.63) is 48.0 Å². The van der Waals surface area contributed by atoms with Crippen LogP contribution >= 0.6 is 11.8 Å². The average molecular weight is 533 g/mol. The van der Waals surface area contributed by atoms with Gasteiger partial charge in [-0.05, 0) is 60.2 Å². The Hall–Kier alpha value is -2.39. The summed E-state index contributed by atoms with van der Waals surface area (Å²) in [4.78, 5) is 13.2. The van der Waals surface area contributed by atoms with Gasteiger partial charge in [0.15, 0.2) is 6.10 Å². The predicted molar refractivity (Wildman–Crippen MR) is 145 cm³/mol. The third-order valence-corrected chi connectivity index (χ3v) is 9.87. The number of thioether (sulfide) groups is 1. The van der Waals surface area contributed by atoms with Gasteiger partial charge in [0.25, 0.3) is 15.9 Å². The van der Waals surface area contributed by atoms with Crippen molar-refractivity contribution < 1.29 is 22.7 Å². The molecule has 0 aromatic heterocycles. The molecule has 1 fully saturated rings. The molecule has 1 amide bonds. The lowest BCUT2D eigenvalue weighted by Gasteiger charge is -2.36. The lowest BCUT2D eigenvalue weighted by molar-refractivity contribution is -0.127. The van der Waals surface area contributed by atoms with E-state index in [1.165, 1.54) is 49.2 Å². The molecule has 36 heavy (non-hydrogen) atoms. The fraction of sp³-hybridized carbons (Fsp3) is 0.519. The fourth-order valence-corrected chi connectivity index (χ4v) is 7.21. The Kier molecular flexibility index (Phi) is 8.09. The monoisotopic (exact) mass is 532 g/mol. The summed E-state index contributed by atoms with van der Waals surface area (Å²) in [7, 11) is -2.42. The second-order valence-electron chi connectivity index (χ2n) is 10.3. The number of fused-ring (bicyclic) bond motifs is 1. The second kappa shape index (κ2) is 10.9. The zero-order valence-corrected chi connectivity index (χ0v) is 23.1. The molecule has 4 rings (SSSR count). The first kappa shape index (κ1) is 26.7. The van der Waals surface area contributed by atoms with E-state index >= 15 is 0 Å². The van der Waals surface area contributed by atoms with E-state index in [9.17, 15) is 13.2 Å². The van der Waals surface area contributed by atoms with Gasteiger partial charge in [-0.3, -0.25) is 9.10 Å². The molecule has 1 aliphatic heterocycles. The first-order valence-electron chi connectivity index (χ1n) is 12.5. The minimum atomic E-state index is -3.95. The van der Waals surface area contributed by atoms with Crippen molar-refractivity contribution in [2.45, 2.75) is 68.1 Å². The van der Waals surface area contributed by atoms with Gasteiger partial charge in [0.05, 0.1) is 24.2 Å². The Morgan fingerprint density at radius 1 is 1.14 bits per heavy atom. The van der Waals surface area contributed by atoms with Gasteiger partial charge in [-0.25, -0.2) is 8.42 Å². The smallest absolute Gasteiger partial charge is 0.264 e. The SMILES string of the molecule is COc1ccc(S(=O)(=O)N2C[C@H](C(=O)NCCSC3CCCC3)Oc3ccc(C(C)(C)C)cc32)cc1. The molecule has 0 radical (unpaired) electrons. The number of hydrogen-bond donors (Lipinski definition) is 1. The highest BCUT2D eigenvalue weighted by molar-refractivity contribution is 7.99. The van der Waals surface area contributed by atoms with E-state index < -0.39 is 16.1 Å². The van der Waals surface area contributed by atoms with Gasteiger partial charge in [-0.2, -0.15) is 11.8 Å².